The fraction of sp³-hybridized carbons (Fsp3) is 0.423. The van der Waals surface area contributed by atoms with Crippen LogP contribution >= 0.6 is 12.4 Å². The molecule has 180 valence electrons. The molecule has 5 rings (SSSR count). The molecule has 1 aliphatic carbocycles. The largest absolute Gasteiger partial charge is 0.493 e. The quantitative estimate of drug-likeness (QED) is 0.424. The molecule has 34 heavy (non-hydrogen) atoms. The Balaban J connectivity index is 0.00000274. The zero-order chi connectivity index (χ0) is 22.9. The molecule has 1 saturated carbocycles. The number of hydrogen-bond acceptors (Lipinski definition) is 7. The normalized spacial score (nSPS) is 15.4. The van der Waals surface area contributed by atoms with Crippen LogP contribution in [-0.2, 0) is 11.3 Å². The summed E-state index contributed by atoms with van der Waals surface area (Å²) >= 11 is 0. The first-order valence-corrected chi connectivity index (χ1v) is 11.6. The molecule has 0 atom stereocenters. The molecule has 2 aromatic carbocycles. The van der Waals surface area contributed by atoms with Crippen molar-refractivity contribution in [2.24, 2.45) is 0 Å². The zero-order valence-corrected chi connectivity index (χ0v) is 20.6. The lowest BCUT2D eigenvalue weighted by atomic mass is 9.91. The van der Waals surface area contributed by atoms with E-state index in [0.717, 1.165) is 40.0 Å². The molecule has 8 heteroatoms. The Morgan fingerprint density at radius 1 is 1.00 bits per heavy atom. The summed E-state index contributed by atoms with van der Waals surface area (Å²) in [6.45, 7) is 3.28. The highest BCUT2D eigenvalue weighted by atomic mass is 35.5. The average molecular weight is 484 g/mol. The van der Waals surface area contributed by atoms with Crippen molar-refractivity contribution in [3.63, 3.8) is 0 Å². The molecule has 1 fully saturated rings. The molecule has 2 heterocycles. The molecule has 1 aliphatic heterocycles. The fourth-order valence-corrected chi connectivity index (χ4v) is 5.20. The smallest absolute Gasteiger partial charge is 0.339 e. The predicted molar refractivity (Wildman–Crippen MR) is 134 cm³/mol. The van der Waals surface area contributed by atoms with Crippen LogP contribution in [0.3, 0.4) is 0 Å². The lowest BCUT2D eigenvalue weighted by Gasteiger charge is -2.33. The van der Waals surface area contributed by atoms with Gasteiger partial charge in [-0.2, -0.15) is 0 Å². The summed E-state index contributed by atoms with van der Waals surface area (Å²) in [7, 11) is 3.22. The summed E-state index contributed by atoms with van der Waals surface area (Å²) in [4.78, 5) is 24.5. The minimum Gasteiger partial charge on any atom is -0.493 e. The standard InChI is InChI=1S/C26H29N3O4.ClH/c1-4-29(19-8-6-5-7-9-19)26-27-13-18(14-28-26)23-20-12-22(32-3)21(31-2)11-16(20)10-17-15-33-25(30)24(17)23;/h10-14,19H,4-9,15H2,1-3H3;1H. The maximum absolute atomic E-state index is 12.7. The Kier molecular flexibility index (Phi) is 7.12. The summed E-state index contributed by atoms with van der Waals surface area (Å²) < 4.78 is 16.4. The van der Waals surface area contributed by atoms with E-state index in [1.165, 1.54) is 32.1 Å². The SMILES string of the molecule is CCN(c1ncc(-c2c3c(cc4cc(OC)c(OC)cc24)COC3=O)cn1)C1CCCCC1.Cl. The van der Waals surface area contributed by atoms with E-state index in [-0.39, 0.29) is 25.0 Å². The van der Waals surface area contributed by atoms with Crippen LogP contribution in [0.25, 0.3) is 21.9 Å². The van der Waals surface area contributed by atoms with Gasteiger partial charge in [0, 0.05) is 41.7 Å². The summed E-state index contributed by atoms with van der Waals surface area (Å²) in [6, 6.07) is 6.31. The number of esters is 1. The van der Waals surface area contributed by atoms with E-state index in [1.807, 2.05) is 30.6 Å². The van der Waals surface area contributed by atoms with E-state index in [4.69, 9.17) is 24.2 Å². The van der Waals surface area contributed by atoms with Crippen molar-refractivity contribution in [1.29, 1.82) is 0 Å². The lowest BCUT2D eigenvalue weighted by Crippen LogP contribution is -2.37. The first kappa shape index (κ1) is 24.1. The van der Waals surface area contributed by atoms with Crippen molar-refractivity contribution in [1.82, 2.24) is 9.97 Å². The van der Waals surface area contributed by atoms with Gasteiger partial charge in [0.25, 0.3) is 0 Å². The number of cyclic esters (lactones) is 1. The van der Waals surface area contributed by atoms with E-state index in [2.05, 4.69) is 11.8 Å². The second-order valence-electron chi connectivity index (χ2n) is 8.64. The van der Waals surface area contributed by atoms with Gasteiger partial charge in [0.15, 0.2) is 11.5 Å². The minimum atomic E-state index is -0.321. The number of rotatable bonds is 6. The summed E-state index contributed by atoms with van der Waals surface area (Å²) in [5.74, 6) is 1.66. The van der Waals surface area contributed by atoms with Gasteiger partial charge < -0.3 is 19.1 Å². The number of nitrogens with zero attached hydrogens (tertiary/aromatic N) is 3. The molecule has 0 radical (unpaired) electrons. The molecule has 0 unspecified atom stereocenters. The lowest BCUT2D eigenvalue weighted by molar-refractivity contribution is 0.0535. The number of anilines is 1. The van der Waals surface area contributed by atoms with Gasteiger partial charge in [0.1, 0.15) is 6.61 Å². The second kappa shape index (κ2) is 10.1. The topological polar surface area (TPSA) is 73.8 Å². The molecule has 7 nitrogen and oxygen atoms in total. The van der Waals surface area contributed by atoms with Crippen LogP contribution in [0.4, 0.5) is 5.95 Å². The van der Waals surface area contributed by atoms with E-state index in [9.17, 15) is 4.79 Å². The molecular weight excluding hydrogens is 454 g/mol. The second-order valence-corrected chi connectivity index (χ2v) is 8.64. The predicted octanol–water partition coefficient (Wildman–Crippen LogP) is 5.57. The highest BCUT2D eigenvalue weighted by Gasteiger charge is 2.29. The average Bonchev–Trinajstić information content (AvgIpc) is 3.23. The third-order valence-corrected chi connectivity index (χ3v) is 6.83. The maximum Gasteiger partial charge on any atom is 0.339 e. The first-order valence-electron chi connectivity index (χ1n) is 11.6. The van der Waals surface area contributed by atoms with Crippen LogP contribution in [0.15, 0.2) is 30.6 Å². The van der Waals surface area contributed by atoms with Gasteiger partial charge in [-0.05, 0) is 48.7 Å². The van der Waals surface area contributed by atoms with Crippen molar-refractivity contribution in [2.75, 3.05) is 25.7 Å². The van der Waals surface area contributed by atoms with Crippen LogP contribution in [0, 0.1) is 0 Å². The highest BCUT2D eigenvalue weighted by Crippen LogP contribution is 2.42. The van der Waals surface area contributed by atoms with Crippen molar-refractivity contribution >= 4 is 35.1 Å². The summed E-state index contributed by atoms with van der Waals surface area (Å²) in [5, 5.41) is 1.82. The molecular formula is C26H30ClN3O4. The van der Waals surface area contributed by atoms with Gasteiger partial charge in [-0.3, -0.25) is 0 Å². The number of methoxy groups -OCH3 is 2. The van der Waals surface area contributed by atoms with Gasteiger partial charge in [-0.15, -0.1) is 12.4 Å². The number of hydrogen-bond donors (Lipinski definition) is 0. The third-order valence-electron chi connectivity index (χ3n) is 6.83. The number of halogens is 1. The first-order chi connectivity index (χ1) is 16.1. The Hall–Kier alpha value is -3.06. The van der Waals surface area contributed by atoms with Gasteiger partial charge >= 0.3 is 5.97 Å². The number of aromatic nitrogens is 2. The number of ether oxygens (including phenoxy) is 3. The highest BCUT2D eigenvalue weighted by molar-refractivity contribution is 6.11. The Labute approximate surface area is 205 Å². The van der Waals surface area contributed by atoms with Crippen LogP contribution in [0.1, 0.15) is 54.9 Å². The van der Waals surface area contributed by atoms with Crippen molar-refractivity contribution in [3.05, 3.63) is 41.7 Å². The molecule has 0 bridgehead atoms. The van der Waals surface area contributed by atoms with Gasteiger partial charge in [0.05, 0.1) is 19.8 Å². The van der Waals surface area contributed by atoms with Crippen LogP contribution in [0.2, 0.25) is 0 Å². The molecule has 0 spiro atoms. The van der Waals surface area contributed by atoms with Gasteiger partial charge in [0.2, 0.25) is 5.95 Å². The molecule has 0 saturated heterocycles. The van der Waals surface area contributed by atoms with Crippen molar-refractivity contribution in [3.8, 4) is 22.6 Å². The van der Waals surface area contributed by atoms with Crippen LogP contribution in [0.5, 0.6) is 11.5 Å². The number of carbonyl (C=O) groups is 1. The van der Waals surface area contributed by atoms with E-state index < -0.39 is 0 Å². The van der Waals surface area contributed by atoms with Crippen LogP contribution < -0.4 is 14.4 Å². The Bertz CT molecular complexity index is 1190. The zero-order valence-electron chi connectivity index (χ0n) is 19.8. The molecule has 2 aliphatic rings. The number of carbonyl (C=O) groups excluding carboxylic acids is 1. The van der Waals surface area contributed by atoms with Crippen molar-refractivity contribution < 1.29 is 19.0 Å². The van der Waals surface area contributed by atoms with E-state index in [0.29, 0.717) is 23.1 Å². The number of benzene rings is 2. The molecule has 0 N–H and O–H groups in total. The Morgan fingerprint density at radius 3 is 2.32 bits per heavy atom. The molecule has 0 amide bonds. The fourth-order valence-electron chi connectivity index (χ4n) is 5.20. The van der Waals surface area contributed by atoms with Gasteiger partial charge in [-0.1, -0.05) is 19.3 Å². The number of fused-ring (bicyclic) bond motifs is 2. The molecule has 1 aromatic heterocycles. The third kappa shape index (κ3) is 4.13. The van der Waals surface area contributed by atoms with E-state index in [1.54, 1.807) is 14.2 Å². The monoisotopic (exact) mass is 483 g/mol. The van der Waals surface area contributed by atoms with Crippen LogP contribution in [-0.4, -0.2) is 42.7 Å². The summed E-state index contributed by atoms with van der Waals surface area (Å²) in [5.41, 5.74) is 2.99. The van der Waals surface area contributed by atoms with E-state index >= 15 is 0 Å². The minimum absolute atomic E-state index is 0. The Morgan fingerprint density at radius 2 is 1.68 bits per heavy atom. The maximum atomic E-state index is 12.7. The van der Waals surface area contributed by atoms with Crippen molar-refractivity contribution in [2.45, 2.75) is 51.7 Å². The molecule has 3 aromatic rings. The summed E-state index contributed by atoms with van der Waals surface area (Å²) in [6.07, 6.45) is 9.84. The van der Waals surface area contributed by atoms with Gasteiger partial charge in [-0.25, -0.2) is 14.8 Å².